The van der Waals surface area contributed by atoms with E-state index in [0.29, 0.717) is 11.3 Å². The van der Waals surface area contributed by atoms with Gasteiger partial charge in [0.05, 0.1) is 0 Å². The minimum atomic E-state index is -0.852. The number of aromatic amines is 1. The number of aromatic nitrogens is 1. The van der Waals surface area contributed by atoms with Gasteiger partial charge in [0.2, 0.25) is 5.78 Å². The number of nitrogens with one attached hydrogen (secondary N) is 1. The van der Waals surface area contributed by atoms with Gasteiger partial charge >= 0.3 is 5.97 Å². The lowest BCUT2D eigenvalue weighted by molar-refractivity contribution is 0.0314. The average molecular weight is 349 g/mol. The van der Waals surface area contributed by atoms with Gasteiger partial charge in [-0.1, -0.05) is 63.2 Å². The molecule has 0 spiro atoms. The third-order valence-electron chi connectivity index (χ3n) is 4.44. The summed E-state index contributed by atoms with van der Waals surface area (Å²) in [5, 5.41) is 0.927. The van der Waals surface area contributed by atoms with Crippen LogP contribution in [0.15, 0.2) is 54.6 Å². The van der Waals surface area contributed by atoms with Crippen LogP contribution in [-0.2, 0) is 10.2 Å². The summed E-state index contributed by atoms with van der Waals surface area (Å²) in [5.74, 6) is -0.747. The number of ether oxygens (including phenoxy) is 1. The van der Waals surface area contributed by atoms with Crippen molar-refractivity contribution in [2.45, 2.75) is 39.2 Å². The van der Waals surface area contributed by atoms with Gasteiger partial charge in [0.25, 0.3) is 0 Å². The molecule has 3 rings (SSSR count). The topological polar surface area (TPSA) is 59.2 Å². The van der Waals surface area contributed by atoms with Gasteiger partial charge in [-0.25, -0.2) is 4.79 Å². The maximum Gasteiger partial charge on any atom is 0.355 e. The van der Waals surface area contributed by atoms with Crippen molar-refractivity contribution in [2.75, 3.05) is 0 Å². The number of H-pyrrole nitrogens is 1. The number of rotatable bonds is 4. The Morgan fingerprint density at radius 1 is 1.00 bits per heavy atom. The normalized spacial score (nSPS) is 12.8. The molecule has 1 atom stereocenters. The summed E-state index contributed by atoms with van der Waals surface area (Å²) in [6.45, 7) is 7.96. The Kier molecular flexibility index (Phi) is 4.68. The number of ketones is 1. The molecular formula is C22H23NO3. The zero-order valence-corrected chi connectivity index (χ0v) is 15.5. The molecule has 0 saturated carbocycles. The van der Waals surface area contributed by atoms with Crippen LogP contribution in [0.5, 0.6) is 0 Å². The van der Waals surface area contributed by atoms with Crippen LogP contribution in [0.25, 0.3) is 10.9 Å². The highest BCUT2D eigenvalue weighted by atomic mass is 16.5. The number of hydrogen-bond donors (Lipinski definition) is 1. The van der Waals surface area contributed by atoms with Gasteiger partial charge in [0.15, 0.2) is 6.10 Å². The Hall–Kier alpha value is -2.88. The number of carbonyl (C=O) groups is 2. The second-order valence-corrected chi connectivity index (χ2v) is 7.51. The zero-order valence-electron chi connectivity index (χ0n) is 15.5. The Morgan fingerprint density at radius 2 is 1.65 bits per heavy atom. The smallest absolute Gasteiger partial charge is 0.355 e. The molecule has 0 bridgehead atoms. The predicted molar refractivity (Wildman–Crippen MR) is 103 cm³/mol. The van der Waals surface area contributed by atoms with Crippen LogP contribution < -0.4 is 0 Å². The Morgan fingerprint density at radius 3 is 2.27 bits per heavy atom. The maximum atomic E-state index is 12.6. The molecule has 2 aromatic carbocycles. The summed E-state index contributed by atoms with van der Waals surface area (Å²) in [5.41, 5.74) is 2.91. The maximum absolute atomic E-state index is 12.6. The third-order valence-corrected chi connectivity index (χ3v) is 4.44. The molecule has 4 heteroatoms. The minimum Gasteiger partial charge on any atom is -0.450 e. The number of esters is 1. The molecule has 0 amide bonds. The van der Waals surface area contributed by atoms with E-state index in [-0.39, 0.29) is 11.2 Å². The SMILES string of the molecule is C[C@H](OC(=O)c1cc2ccccc2[nH]1)C(=O)c1ccc(C(C)(C)C)cc1. The van der Waals surface area contributed by atoms with Gasteiger partial charge in [-0.2, -0.15) is 0 Å². The first-order valence-electron chi connectivity index (χ1n) is 8.69. The monoisotopic (exact) mass is 349 g/mol. The second kappa shape index (κ2) is 6.79. The lowest BCUT2D eigenvalue weighted by Gasteiger charge is -2.19. The number of para-hydroxylation sites is 1. The van der Waals surface area contributed by atoms with E-state index in [1.54, 1.807) is 25.1 Å². The molecule has 0 radical (unpaired) electrons. The van der Waals surface area contributed by atoms with Crippen LogP contribution >= 0.6 is 0 Å². The van der Waals surface area contributed by atoms with Gasteiger partial charge in [0, 0.05) is 16.5 Å². The van der Waals surface area contributed by atoms with E-state index in [2.05, 4.69) is 25.8 Å². The van der Waals surface area contributed by atoms with Crippen LogP contribution in [0.3, 0.4) is 0 Å². The van der Waals surface area contributed by atoms with E-state index < -0.39 is 12.1 Å². The third kappa shape index (κ3) is 3.69. The number of Topliss-reactive ketones (excluding diaryl/α,β-unsaturated/α-hetero) is 1. The molecule has 0 aliphatic heterocycles. The molecular weight excluding hydrogens is 326 g/mol. The molecule has 4 nitrogen and oxygen atoms in total. The summed E-state index contributed by atoms with van der Waals surface area (Å²) >= 11 is 0. The van der Waals surface area contributed by atoms with Gasteiger partial charge < -0.3 is 9.72 Å². The van der Waals surface area contributed by atoms with Crippen LogP contribution in [0.1, 0.15) is 54.1 Å². The van der Waals surface area contributed by atoms with Gasteiger partial charge in [-0.15, -0.1) is 0 Å². The summed E-state index contributed by atoms with van der Waals surface area (Å²) in [7, 11) is 0. The molecule has 1 aromatic heterocycles. The first kappa shape index (κ1) is 17.9. The van der Waals surface area contributed by atoms with Crippen molar-refractivity contribution in [1.82, 2.24) is 4.98 Å². The average Bonchev–Trinajstić information content (AvgIpc) is 3.04. The van der Waals surface area contributed by atoms with Crippen molar-refractivity contribution in [3.8, 4) is 0 Å². The Bertz CT molecular complexity index is 912. The van der Waals surface area contributed by atoms with E-state index in [9.17, 15) is 9.59 Å². The fourth-order valence-electron chi connectivity index (χ4n) is 2.83. The molecule has 3 aromatic rings. The molecule has 1 heterocycles. The minimum absolute atomic E-state index is 0.0231. The molecule has 1 N–H and O–H groups in total. The summed E-state index contributed by atoms with van der Waals surface area (Å²) in [4.78, 5) is 27.9. The van der Waals surface area contributed by atoms with Crippen molar-refractivity contribution in [1.29, 1.82) is 0 Å². The van der Waals surface area contributed by atoms with Crippen LogP contribution in [0, 0.1) is 0 Å². The number of benzene rings is 2. The van der Waals surface area contributed by atoms with Crippen molar-refractivity contribution in [2.24, 2.45) is 0 Å². The van der Waals surface area contributed by atoms with E-state index in [0.717, 1.165) is 16.5 Å². The van der Waals surface area contributed by atoms with Gasteiger partial charge in [-0.3, -0.25) is 4.79 Å². The highest BCUT2D eigenvalue weighted by Crippen LogP contribution is 2.23. The molecule has 0 aliphatic carbocycles. The Balaban J connectivity index is 1.71. The molecule has 26 heavy (non-hydrogen) atoms. The Labute approximate surface area is 153 Å². The highest BCUT2D eigenvalue weighted by Gasteiger charge is 2.22. The standard InChI is InChI=1S/C22H23NO3/c1-14(20(24)15-9-11-17(12-10-15)22(2,3)4)26-21(25)19-13-16-7-5-6-8-18(16)23-19/h5-14,23H,1-4H3/t14-/m0/s1. The van der Waals surface area contributed by atoms with Crippen molar-refractivity contribution in [3.05, 3.63) is 71.4 Å². The molecule has 134 valence electrons. The molecule has 0 aliphatic rings. The lowest BCUT2D eigenvalue weighted by Crippen LogP contribution is -2.24. The summed E-state index contributed by atoms with van der Waals surface area (Å²) < 4.78 is 5.36. The molecule has 0 fully saturated rings. The number of hydrogen-bond acceptors (Lipinski definition) is 3. The molecule has 0 saturated heterocycles. The fraction of sp³-hybridized carbons (Fsp3) is 0.273. The van der Waals surface area contributed by atoms with E-state index >= 15 is 0 Å². The second-order valence-electron chi connectivity index (χ2n) is 7.51. The van der Waals surface area contributed by atoms with Gasteiger partial charge in [-0.05, 0) is 30.0 Å². The first-order chi connectivity index (χ1) is 12.3. The highest BCUT2D eigenvalue weighted by molar-refractivity contribution is 6.02. The largest absolute Gasteiger partial charge is 0.450 e. The van der Waals surface area contributed by atoms with Crippen LogP contribution in [0.4, 0.5) is 0 Å². The quantitative estimate of drug-likeness (QED) is 0.539. The summed E-state index contributed by atoms with van der Waals surface area (Å²) in [6.07, 6.45) is -0.852. The van der Waals surface area contributed by atoms with Crippen molar-refractivity contribution < 1.29 is 14.3 Å². The van der Waals surface area contributed by atoms with E-state index in [1.165, 1.54) is 0 Å². The van der Waals surface area contributed by atoms with Crippen LogP contribution in [-0.4, -0.2) is 22.8 Å². The number of carbonyl (C=O) groups excluding carboxylic acids is 2. The van der Waals surface area contributed by atoms with Gasteiger partial charge in [0.1, 0.15) is 5.69 Å². The van der Waals surface area contributed by atoms with Crippen molar-refractivity contribution in [3.63, 3.8) is 0 Å². The van der Waals surface area contributed by atoms with Crippen LogP contribution in [0.2, 0.25) is 0 Å². The summed E-state index contributed by atoms with van der Waals surface area (Å²) in [6, 6.07) is 16.8. The van der Waals surface area contributed by atoms with E-state index in [1.807, 2.05) is 36.4 Å². The van der Waals surface area contributed by atoms with E-state index in [4.69, 9.17) is 4.74 Å². The van der Waals surface area contributed by atoms with Crippen molar-refractivity contribution >= 4 is 22.7 Å². The first-order valence-corrected chi connectivity index (χ1v) is 8.69. The predicted octanol–water partition coefficient (Wildman–Crippen LogP) is 4.89. The zero-order chi connectivity index (χ0) is 18.9. The number of fused-ring (bicyclic) bond motifs is 1. The fourth-order valence-corrected chi connectivity index (χ4v) is 2.83. The molecule has 0 unspecified atom stereocenters. The lowest BCUT2D eigenvalue weighted by atomic mass is 9.86.